The average molecular weight is 238 g/mol. The lowest BCUT2D eigenvalue weighted by Crippen LogP contribution is -2.11. The van der Waals surface area contributed by atoms with E-state index in [1.165, 1.54) is 5.56 Å². The summed E-state index contributed by atoms with van der Waals surface area (Å²) in [6.07, 6.45) is 0. The van der Waals surface area contributed by atoms with Crippen molar-refractivity contribution in [3.8, 4) is 0 Å². The fourth-order valence-electron chi connectivity index (χ4n) is 1.93. The Morgan fingerprint density at radius 2 is 1.61 bits per heavy atom. The van der Waals surface area contributed by atoms with Gasteiger partial charge in [-0.3, -0.25) is 0 Å². The lowest BCUT2D eigenvalue weighted by molar-refractivity contribution is 0.318. The molecule has 1 aliphatic heterocycles. The Labute approximate surface area is 106 Å². The van der Waals surface area contributed by atoms with Crippen molar-refractivity contribution in [1.82, 2.24) is 0 Å². The maximum Gasteiger partial charge on any atom is 0.290 e. The molecule has 1 aliphatic rings. The molecular weight excluding hydrogens is 224 g/mol. The third-order valence-electron chi connectivity index (χ3n) is 2.86. The van der Waals surface area contributed by atoms with Crippen LogP contribution in [0.3, 0.4) is 0 Å². The monoisotopic (exact) mass is 238 g/mol. The summed E-state index contributed by atoms with van der Waals surface area (Å²) >= 11 is 0. The molecule has 0 aliphatic carbocycles. The minimum Gasteiger partial charge on any atom is -0.462 e. The van der Waals surface area contributed by atoms with Crippen LogP contribution in [0.15, 0.2) is 65.7 Å². The summed E-state index contributed by atoms with van der Waals surface area (Å²) in [6.45, 7) is 0.596. The van der Waals surface area contributed by atoms with Crippen LogP contribution in [-0.2, 0) is 4.74 Å². The van der Waals surface area contributed by atoms with Gasteiger partial charge in [-0.25, -0.2) is 4.99 Å². The molecule has 1 heterocycles. The van der Waals surface area contributed by atoms with Crippen LogP contribution in [-0.4, -0.2) is 12.6 Å². The van der Waals surface area contributed by atoms with Gasteiger partial charge in [0.15, 0.2) is 0 Å². The first-order valence-electron chi connectivity index (χ1n) is 5.99. The Hall–Kier alpha value is -2.29. The number of rotatable bonds is 2. The van der Waals surface area contributed by atoms with Gasteiger partial charge in [-0.1, -0.05) is 48.5 Å². The molecule has 3 nitrogen and oxygen atoms in total. The predicted molar refractivity (Wildman–Crippen MR) is 72.6 cm³/mol. The zero-order valence-electron chi connectivity index (χ0n) is 9.91. The highest BCUT2D eigenvalue weighted by molar-refractivity contribution is 5.90. The number of hydrogen-bond acceptors (Lipinski definition) is 3. The van der Waals surface area contributed by atoms with E-state index in [2.05, 4.69) is 22.4 Å². The molecule has 0 unspecified atom stereocenters. The summed E-state index contributed by atoms with van der Waals surface area (Å²) in [7, 11) is 0. The fourth-order valence-corrected chi connectivity index (χ4v) is 1.93. The maximum absolute atomic E-state index is 5.56. The molecule has 18 heavy (non-hydrogen) atoms. The molecule has 1 N–H and O–H groups in total. The average Bonchev–Trinajstić information content (AvgIpc) is 2.89. The molecule has 0 saturated carbocycles. The number of anilines is 1. The van der Waals surface area contributed by atoms with Crippen LogP contribution in [0.2, 0.25) is 0 Å². The van der Waals surface area contributed by atoms with Crippen LogP contribution in [0.5, 0.6) is 0 Å². The van der Waals surface area contributed by atoms with E-state index in [0.717, 1.165) is 5.69 Å². The Kier molecular flexibility index (Phi) is 2.96. The lowest BCUT2D eigenvalue weighted by atomic mass is 10.1. The SMILES string of the molecule is c1ccc(NC2=N[C@@H](c3ccccc3)CO2)cc1. The van der Waals surface area contributed by atoms with E-state index >= 15 is 0 Å². The van der Waals surface area contributed by atoms with Gasteiger partial charge in [0.25, 0.3) is 6.02 Å². The number of nitrogens with one attached hydrogen (secondary N) is 1. The number of nitrogens with zero attached hydrogens (tertiary/aromatic N) is 1. The smallest absolute Gasteiger partial charge is 0.290 e. The number of aliphatic imine (C=N–C) groups is 1. The Balaban J connectivity index is 1.73. The van der Waals surface area contributed by atoms with Crippen LogP contribution in [0.4, 0.5) is 5.69 Å². The number of ether oxygens (including phenoxy) is 1. The van der Waals surface area contributed by atoms with Gasteiger partial charge in [0.05, 0.1) is 0 Å². The molecule has 0 amide bonds. The molecule has 2 aromatic carbocycles. The third-order valence-corrected chi connectivity index (χ3v) is 2.86. The third kappa shape index (κ3) is 2.35. The summed E-state index contributed by atoms with van der Waals surface area (Å²) in [4.78, 5) is 4.54. The van der Waals surface area contributed by atoms with Crippen molar-refractivity contribution in [3.63, 3.8) is 0 Å². The van der Waals surface area contributed by atoms with E-state index in [4.69, 9.17) is 4.74 Å². The van der Waals surface area contributed by atoms with Crippen molar-refractivity contribution in [2.45, 2.75) is 6.04 Å². The second-order valence-corrected chi connectivity index (χ2v) is 4.16. The van der Waals surface area contributed by atoms with Crippen molar-refractivity contribution in [1.29, 1.82) is 0 Å². The van der Waals surface area contributed by atoms with Crippen LogP contribution in [0.1, 0.15) is 11.6 Å². The minimum absolute atomic E-state index is 0.0948. The van der Waals surface area contributed by atoms with Gasteiger partial charge in [0, 0.05) is 5.69 Å². The van der Waals surface area contributed by atoms with Crippen molar-refractivity contribution >= 4 is 11.7 Å². The first-order valence-corrected chi connectivity index (χ1v) is 5.99. The van der Waals surface area contributed by atoms with Gasteiger partial charge >= 0.3 is 0 Å². The Morgan fingerprint density at radius 1 is 0.944 bits per heavy atom. The quantitative estimate of drug-likeness (QED) is 0.871. The molecule has 0 saturated heterocycles. The number of para-hydroxylation sites is 1. The summed E-state index contributed by atoms with van der Waals surface area (Å²) in [5.74, 6) is 0. The topological polar surface area (TPSA) is 33.6 Å². The minimum atomic E-state index is 0.0948. The second-order valence-electron chi connectivity index (χ2n) is 4.16. The van der Waals surface area contributed by atoms with Crippen LogP contribution in [0, 0.1) is 0 Å². The van der Waals surface area contributed by atoms with E-state index in [9.17, 15) is 0 Å². The van der Waals surface area contributed by atoms with E-state index in [-0.39, 0.29) is 6.04 Å². The zero-order chi connectivity index (χ0) is 12.2. The molecule has 0 fully saturated rings. The van der Waals surface area contributed by atoms with Crippen LogP contribution >= 0.6 is 0 Å². The Morgan fingerprint density at radius 3 is 2.33 bits per heavy atom. The van der Waals surface area contributed by atoms with Gasteiger partial charge < -0.3 is 10.1 Å². The van der Waals surface area contributed by atoms with Crippen molar-refractivity contribution in [2.24, 2.45) is 4.99 Å². The van der Waals surface area contributed by atoms with Gasteiger partial charge in [-0.15, -0.1) is 0 Å². The molecular formula is C15H14N2O. The normalized spacial score (nSPS) is 18.0. The highest BCUT2D eigenvalue weighted by Crippen LogP contribution is 2.23. The highest BCUT2D eigenvalue weighted by atomic mass is 16.5. The summed E-state index contributed by atoms with van der Waals surface area (Å²) < 4.78 is 5.56. The standard InChI is InChI=1S/C15H14N2O/c1-3-7-12(8-4-1)14-11-18-15(17-14)16-13-9-5-2-6-10-13/h1-10,14H,11H2,(H,16,17)/t14-/m1/s1. The zero-order valence-corrected chi connectivity index (χ0v) is 9.91. The molecule has 2 aromatic rings. The van der Waals surface area contributed by atoms with E-state index < -0.39 is 0 Å². The Bertz CT molecular complexity index is 537. The molecule has 0 aromatic heterocycles. The largest absolute Gasteiger partial charge is 0.462 e. The van der Waals surface area contributed by atoms with E-state index in [1.54, 1.807) is 0 Å². The second kappa shape index (κ2) is 4.92. The fraction of sp³-hybridized carbons (Fsp3) is 0.133. The van der Waals surface area contributed by atoms with Crippen molar-refractivity contribution in [3.05, 3.63) is 66.2 Å². The lowest BCUT2D eigenvalue weighted by Gasteiger charge is -2.04. The first kappa shape index (κ1) is 10.8. The van der Waals surface area contributed by atoms with Gasteiger partial charge in [-0.2, -0.15) is 0 Å². The maximum atomic E-state index is 5.56. The molecule has 90 valence electrons. The van der Waals surface area contributed by atoms with Crippen molar-refractivity contribution in [2.75, 3.05) is 11.9 Å². The van der Waals surface area contributed by atoms with Gasteiger partial charge in [0.2, 0.25) is 0 Å². The number of amidine groups is 1. The summed E-state index contributed by atoms with van der Waals surface area (Å²) in [5, 5.41) is 3.17. The van der Waals surface area contributed by atoms with E-state index in [0.29, 0.717) is 12.6 Å². The van der Waals surface area contributed by atoms with Gasteiger partial charge in [-0.05, 0) is 17.7 Å². The van der Waals surface area contributed by atoms with Crippen molar-refractivity contribution < 1.29 is 4.74 Å². The molecule has 0 bridgehead atoms. The molecule has 0 spiro atoms. The van der Waals surface area contributed by atoms with Gasteiger partial charge in [0.1, 0.15) is 12.6 Å². The molecule has 3 rings (SSSR count). The number of benzene rings is 2. The predicted octanol–water partition coefficient (Wildman–Crippen LogP) is 3.23. The highest BCUT2D eigenvalue weighted by Gasteiger charge is 2.20. The molecule has 1 atom stereocenters. The molecule has 0 radical (unpaired) electrons. The first-order chi connectivity index (χ1) is 8.92. The molecule has 3 heteroatoms. The van der Waals surface area contributed by atoms with Crippen LogP contribution < -0.4 is 5.32 Å². The van der Waals surface area contributed by atoms with E-state index in [1.807, 2.05) is 48.5 Å². The summed E-state index contributed by atoms with van der Waals surface area (Å²) in [5.41, 5.74) is 2.17. The summed E-state index contributed by atoms with van der Waals surface area (Å²) in [6, 6.07) is 20.8. The van der Waals surface area contributed by atoms with Crippen LogP contribution in [0.25, 0.3) is 0 Å². The number of hydrogen-bond donors (Lipinski definition) is 1.